The summed E-state index contributed by atoms with van der Waals surface area (Å²) in [5, 5.41) is 12.0. The molecule has 66 valence electrons. The highest BCUT2D eigenvalue weighted by Crippen LogP contribution is 1.91. The van der Waals surface area contributed by atoms with Crippen LogP contribution in [0.5, 0.6) is 0 Å². The molecule has 0 atom stereocenters. The lowest BCUT2D eigenvalue weighted by Gasteiger charge is -1.89. The van der Waals surface area contributed by atoms with Crippen LogP contribution in [0.3, 0.4) is 0 Å². The van der Waals surface area contributed by atoms with E-state index in [0.717, 1.165) is 0 Å². The molecular weight excluding hydrogens is 188 g/mol. The molecule has 0 aliphatic heterocycles. The number of nitrogens with zero attached hydrogens (tertiary/aromatic N) is 1. The van der Waals surface area contributed by atoms with E-state index in [9.17, 15) is 0 Å². The van der Waals surface area contributed by atoms with Gasteiger partial charge in [-0.2, -0.15) is 0 Å². The third-order valence-corrected chi connectivity index (χ3v) is 1.45. The summed E-state index contributed by atoms with van der Waals surface area (Å²) in [6.45, 7) is 0.104. The first-order valence-electron chi connectivity index (χ1n) is 2.65. The first-order chi connectivity index (χ1) is 4.81. The van der Waals surface area contributed by atoms with Crippen LogP contribution in [0.1, 0.15) is 0 Å². The largest absolute Gasteiger partial charge is 1.00 e. The van der Waals surface area contributed by atoms with E-state index in [1.54, 1.807) is 0 Å². The quantitative estimate of drug-likeness (QED) is 0.157. The lowest BCUT2D eigenvalue weighted by atomic mass is 10.9. The molecule has 0 amide bonds. The standard InChI is InChI=1S/C4H10N4OS.ClH/c5-4(7-3-8-6)10-2-1-9;/h3,9H,1-2,6H2,(H2,5,7,8);1H. The normalized spacial score (nSPS) is 11.5. The topological polar surface area (TPSA) is 98.6 Å². The fourth-order valence-corrected chi connectivity index (χ4v) is 0.745. The minimum absolute atomic E-state index is 0. The van der Waals surface area contributed by atoms with Crippen LogP contribution in [0.25, 0.3) is 0 Å². The van der Waals surface area contributed by atoms with Gasteiger partial charge in [0.05, 0.1) is 6.61 Å². The monoisotopic (exact) mass is 198 g/mol. The average Bonchev–Trinajstić information content (AvgIpc) is 1.97. The summed E-state index contributed by atoms with van der Waals surface area (Å²) in [4.78, 5) is 2.60. The number of rotatable bonds is 3. The van der Waals surface area contributed by atoms with E-state index in [1.165, 1.54) is 18.1 Å². The number of amidine groups is 1. The van der Waals surface area contributed by atoms with Gasteiger partial charge in [0.25, 0.3) is 5.17 Å². The van der Waals surface area contributed by atoms with E-state index in [4.69, 9.17) is 16.7 Å². The molecule has 11 heavy (non-hydrogen) atoms. The smallest absolute Gasteiger partial charge is 0.252 e. The van der Waals surface area contributed by atoms with Crippen LogP contribution >= 0.6 is 11.8 Å². The Morgan fingerprint density at radius 1 is 1.73 bits per heavy atom. The maximum Gasteiger partial charge on any atom is 0.252 e. The second-order valence-corrected chi connectivity index (χ2v) is 2.50. The van der Waals surface area contributed by atoms with Gasteiger partial charge in [-0.15, -0.1) is 0 Å². The summed E-state index contributed by atoms with van der Waals surface area (Å²) in [5.41, 5.74) is 5.36. The molecule has 6 N–H and O–H groups in total. The molecule has 0 aliphatic rings. The highest BCUT2D eigenvalue weighted by molar-refractivity contribution is 8.13. The Balaban J connectivity index is 0. The van der Waals surface area contributed by atoms with E-state index in [1.807, 2.05) is 0 Å². The van der Waals surface area contributed by atoms with Gasteiger partial charge in [-0.3, -0.25) is 5.84 Å². The zero-order valence-electron chi connectivity index (χ0n) is 5.83. The molecule has 0 unspecified atom stereocenters. The van der Waals surface area contributed by atoms with Crippen molar-refractivity contribution in [3.8, 4) is 0 Å². The van der Waals surface area contributed by atoms with Crippen molar-refractivity contribution >= 4 is 23.3 Å². The number of hydrogen-bond donors (Lipinski definition) is 4. The van der Waals surface area contributed by atoms with Crippen LogP contribution in [0.2, 0.25) is 0 Å². The Hall–Kier alpha value is -0.460. The summed E-state index contributed by atoms with van der Waals surface area (Å²) in [6, 6.07) is 0. The van der Waals surface area contributed by atoms with Crippen molar-refractivity contribution in [1.29, 1.82) is 0 Å². The molecule has 0 aromatic carbocycles. The van der Waals surface area contributed by atoms with E-state index < -0.39 is 0 Å². The molecule has 0 radical (unpaired) electrons. The number of aliphatic hydroxyl groups is 1. The lowest BCUT2D eigenvalue weighted by molar-refractivity contribution is -0.301. The van der Waals surface area contributed by atoms with Crippen LogP contribution in [-0.4, -0.2) is 29.0 Å². The number of hydrazone groups is 1. The van der Waals surface area contributed by atoms with Crippen molar-refractivity contribution in [2.75, 3.05) is 12.4 Å². The molecule has 0 saturated heterocycles. The minimum Gasteiger partial charge on any atom is -1.00 e. The highest BCUT2D eigenvalue weighted by Gasteiger charge is 1.93. The minimum atomic E-state index is 0. The summed E-state index contributed by atoms with van der Waals surface area (Å²) in [6.07, 6.45) is 1.28. The molecule has 5 nitrogen and oxygen atoms in total. The molecule has 0 bridgehead atoms. The molecule has 0 spiro atoms. The zero-order valence-corrected chi connectivity index (χ0v) is 7.40. The number of nitrogens with two attached hydrogens (primary N) is 2. The Kier molecular flexibility index (Phi) is 11.4. The first-order valence-corrected chi connectivity index (χ1v) is 3.64. The predicted molar refractivity (Wildman–Crippen MR) is 42.4 cm³/mol. The molecule has 0 aromatic rings. The average molecular weight is 199 g/mol. The van der Waals surface area contributed by atoms with Crippen LogP contribution in [0, 0.1) is 0 Å². The Morgan fingerprint density at radius 3 is 2.82 bits per heavy atom. The Morgan fingerprint density at radius 2 is 2.36 bits per heavy atom. The van der Waals surface area contributed by atoms with Gasteiger partial charge in [-0.25, -0.2) is 4.99 Å². The third-order valence-electron chi connectivity index (χ3n) is 0.630. The van der Waals surface area contributed by atoms with Gasteiger partial charge < -0.3 is 23.2 Å². The predicted octanol–water partition coefficient (Wildman–Crippen LogP) is -5.99. The summed E-state index contributed by atoms with van der Waals surface area (Å²) < 4.78 is 0. The summed E-state index contributed by atoms with van der Waals surface area (Å²) in [5.74, 6) is 5.35. The van der Waals surface area contributed by atoms with Crippen molar-refractivity contribution < 1.29 is 22.5 Å². The fraction of sp³-hybridized carbons (Fsp3) is 0.500. The maximum atomic E-state index is 8.36. The van der Waals surface area contributed by atoms with Crippen LogP contribution in [-0.2, 0) is 0 Å². The van der Waals surface area contributed by atoms with E-state index in [-0.39, 0.29) is 19.0 Å². The first kappa shape index (κ1) is 13.2. The van der Waals surface area contributed by atoms with Crippen molar-refractivity contribution in [1.82, 2.24) is 0 Å². The summed E-state index contributed by atoms with van der Waals surface area (Å²) in [7, 11) is 0. The van der Waals surface area contributed by atoms with Gasteiger partial charge in [0.1, 0.15) is 0 Å². The molecular formula is C4H11ClN4OS. The second kappa shape index (κ2) is 9.54. The second-order valence-electron chi connectivity index (χ2n) is 1.36. The number of thioether (sulfide) groups is 1. The van der Waals surface area contributed by atoms with Gasteiger partial charge in [-0.1, -0.05) is 11.8 Å². The number of nitrogens with one attached hydrogen (secondary N) is 1. The zero-order chi connectivity index (χ0) is 7.82. The third kappa shape index (κ3) is 9.54. The molecule has 0 heterocycles. The maximum absolute atomic E-state index is 8.36. The number of halogens is 1. The van der Waals surface area contributed by atoms with Crippen LogP contribution in [0.15, 0.2) is 5.10 Å². The van der Waals surface area contributed by atoms with Gasteiger partial charge in [0.15, 0.2) is 0 Å². The van der Waals surface area contributed by atoms with Gasteiger partial charge in [-0.05, 0) is 5.10 Å². The highest BCUT2D eigenvalue weighted by atomic mass is 35.5. The fourth-order valence-electron chi connectivity index (χ4n) is 0.298. The van der Waals surface area contributed by atoms with Crippen molar-refractivity contribution in [3.05, 3.63) is 0 Å². The van der Waals surface area contributed by atoms with Crippen molar-refractivity contribution in [2.24, 2.45) is 16.7 Å². The van der Waals surface area contributed by atoms with Gasteiger partial charge in [0, 0.05) is 5.75 Å². The molecule has 7 heteroatoms. The molecule has 0 aliphatic carbocycles. The Labute approximate surface area is 75.3 Å². The van der Waals surface area contributed by atoms with Crippen LogP contribution < -0.4 is 29.0 Å². The SMILES string of the molecule is N/N=C/[NH+]=C(N)SCCO.[Cl-]. The van der Waals surface area contributed by atoms with Crippen LogP contribution in [0.4, 0.5) is 0 Å². The van der Waals surface area contributed by atoms with Crippen molar-refractivity contribution in [2.45, 2.75) is 0 Å². The molecule has 0 fully saturated rings. The van der Waals surface area contributed by atoms with Crippen molar-refractivity contribution in [3.63, 3.8) is 0 Å². The molecule has 0 rings (SSSR count). The summed E-state index contributed by atoms with van der Waals surface area (Å²) >= 11 is 1.30. The lowest BCUT2D eigenvalue weighted by Crippen LogP contribution is -3.00. The number of hydrogen-bond acceptors (Lipinski definition) is 4. The number of aliphatic hydroxyl groups excluding tert-OH is 1. The molecule has 0 aromatic heterocycles. The van der Waals surface area contributed by atoms with E-state index >= 15 is 0 Å². The van der Waals surface area contributed by atoms with Gasteiger partial charge >= 0.3 is 0 Å². The van der Waals surface area contributed by atoms with E-state index in [0.29, 0.717) is 10.9 Å². The Bertz CT molecular complexity index is 140. The molecule has 0 saturated carbocycles. The van der Waals surface area contributed by atoms with E-state index in [2.05, 4.69) is 10.1 Å². The van der Waals surface area contributed by atoms with Gasteiger partial charge in [0.2, 0.25) is 6.34 Å².